The Morgan fingerprint density at radius 1 is 1.11 bits per heavy atom. The number of thiophene rings is 1. The minimum Gasteiger partial charge on any atom is -0.454 e. The molecule has 6 rings (SSSR count). The van der Waals surface area contributed by atoms with Crippen molar-refractivity contribution >= 4 is 22.1 Å². The Balaban J connectivity index is 1.60. The Morgan fingerprint density at radius 2 is 1.89 bits per heavy atom. The van der Waals surface area contributed by atoms with E-state index in [-0.39, 0.29) is 18.0 Å². The molecule has 2 aliphatic carbocycles. The van der Waals surface area contributed by atoms with Gasteiger partial charge in [0.2, 0.25) is 6.79 Å². The summed E-state index contributed by atoms with van der Waals surface area (Å²) in [5, 5.41) is 21.3. The number of hydrogen-bond donors (Lipinski definition) is 1. The molecule has 0 saturated carbocycles. The predicted molar refractivity (Wildman–Crippen MR) is 135 cm³/mol. The lowest BCUT2D eigenvalue weighted by molar-refractivity contribution is -0.118. The first kappa shape index (κ1) is 22.7. The molecular formula is C28H26N4O3S. The van der Waals surface area contributed by atoms with E-state index in [0.29, 0.717) is 46.9 Å². The Hall–Kier alpha value is -3.75. The number of nitrogens with zero attached hydrogens (tertiary/aromatic N) is 3. The van der Waals surface area contributed by atoms with Crippen molar-refractivity contribution < 1.29 is 14.3 Å². The average Bonchev–Trinajstić information content (AvgIpc) is 3.46. The molecule has 2 N–H and O–H groups in total. The quantitative estimate of drug-likeness (QED) is 0.608. The largest absolute Gasteiger partial charge is 0.454 e. The second-order valence-corrected chi connectivity index (χ2v) is 11.7. The average molecular weight is 499 g/mol. The van der Waals surface area contributed by atoms with E-state index in [2.05, 4.69) is 26.0 Å². The van der Waals surface area contributed by atoms with Crippen molar-refractivity contribution in [1.29, 1.82) is 10.5 Å². The number of benzene rings is 1. The van der Waals surface area contributed by atoms with Gasteiger partial charge in [-0.05, 0) is 60.8 Å². The Labute approximate surface area is 214 Å². The van der Waals surface area contributed by atoms with Gasteiger partial charge in [-0.1, -0.05) is 19.9 Å². The van der Waals surface area contributed by atoms with E-state index in [1.807, 2.05) is 23.1 Å². The zero-order valence-electron chi connectivity index (χ0n) is 20.3. The van der Waals surface area contributed by atoms with Gasteiger partial charge in [0.05, 0.1) is 23.1 Å². The van der Waals surface area contributed by atoms with Crippen LogP contribution in [0.3, 0.4) is 0 Å². The first-order valence-electron chi connectivity index (χ1n) is 12.2. The van der Waals surface area contributed by atoms with Gasteiger partial charge in [-0.2, -0.15) is 10.5 Å². The number of carbonyl (C=O) groups is 1. The lowest BCUT2D eigenvalue weighted by Crippen LogP contribution is -2.42. The molecule has 3 heterocycles. The first-order valence-corrected chi connectivity index (χ1v) is 13.0. The van der Waals surface area contributed by atoms with Gasteiger partial charge in [0.1, 0.15) is 16.9 Å². The molecule has 182 valence electrons. The molecule has 1 aromatic heterocycles. The smallest absolute Gasteiger partial charge is 0.231 e. The second kappa shape index (κ2) is 8.15. The number of rotatable bonds is 2. The van der Waals surface area contributed by atoms with Crippen molar-refractivity contribution in [1.82, 2.24) is 0 Å². The van der Waals surface area contributed by atoms with E-state index in [1.165, 1.54) is 4.88 Å². The number of anilines is 1. The molecule has 0 bridgehead atoms. The zero-order valence-corrected chi connectivity index (χ0v) is 21.1. The van der Waals surface area contributed by atoms with Crippen molar-refractivity contribution in [3.8, 4) is 23.6 Å². The van der Waals surface area contributed by atoms with Crippen molar-refractivity contribution in [2.24, 2.45) is 11.1 Å². The maximum atomic E-state index is 13.8. The molecule has 2 aliphatic heterocycles. The van der Waals surface area contributed by atoms with Crippen LogP contribution in [0.2, 0.25) is 0 Å². The summed E-state index contributed by atoms with van der Waals surface area (Å²) in [7, 11) is 0. The number of ether oxygens (including phenoxy) is 2. The summed E-state index contributed by atoms with van der Waals surface area (Å²) in [6.07, 6.45) is 4.95. The van der Waals surface area contributed by atoms with Gasteiger partial charge in [0, 0.05) is 22.6 Å². The number of fused-ring (bicyclic) bond motifs is 2. The summed E-state index contributed by atoms with van der Waals surface area (Å²) >= 11 is 1.58. The minimum atomic E-state index is -0.598. The van der Waals surface area contributed by atoms with E-state index in [4.69, 9.17) is 15.2 Å². The van der Waals surface area contributed by atoms with Crippen molar-refractivity contribution in [2.45, 2.75) is 58.3 Å². The number of allylic oxidation sites excluding steroid dienone is 3. The molecule has 0 spiro atoms. The van der Waals surface area contributed by atoms with Gasteiger partial charge in [-0.25, -0.2) is 0 Å². The SMILES string of the molecule is CC1(C)CC(=O)C2=C(C1)N(c1sc3c(c1C#N)CCCC3)C(N)=C(C#N)C2c1ccc2c(c1)OCO2. The van der Waals surface area contributed by atoms with Gasteiger partial charge < -0.3 is 15.2 Å². The summed E-state index contributed by atoms with van der Waals surface area (Å²) in [6.45, 7) is 4.29. The normalized spacial score (nSPS) is 22.2. The molecule has 1 atom stereocenters. The molecule has 0 amide bonds. The number of aryl methyl sites for hydroxylation is 1. The first-order chi connectivity index (χ1) is 17.3. The fourth-order valence-electron chi connectivity index (χ4n) is 5.99. The van der Waals surface area contributed by atoms with Gasteiger partial charge >= 0.3 is 0 Å². The number of nitrogens with two attached hydrogens (primary N) is 1. The van der Waals surface area contributed by atoms with Crippen LogP contribution in [0.4, 0.5) is 5.00 Å². The summed E-state index contributed by atoms with van der Waals surface area (Å²) in [6, 6.07) is 10.3. The predicted octanol–water partition coefficient (Wildman–Crippen LogP) is 5.17. The number of carbonyl (C=O) groups excluding carboxylic acids is 1. The molecule has 2 aromatic rings. The van der Waals surface area contributed by atoms with Crippen LogP contribution in [-0.2, 0) is 17.6 Å². The standard InChI is InChI=1S/C28H26N4O3S/c1-28(2)10-19-25(20(33)11-28)24(15-7-8-21-22(9-15)35-14-34-21)18(13-30)26(31)32(19)27-17(12-29)16-5-3-4-6-23(16)36-27/h7-9,24H,3-6,10-11,14,31H2,1-2H3. The number of nitriles is 2. The van der Waals surface area contributed by atoms with Crippen LogP contribution in [0.25, 0.3) is 0 Å². The Kier molecular flexibility index (Phi) is 5.14. The number of Topliss-reactive ketones (excluding diaryl/α,β-unsaturated/α-hetero) is 1. The Morgan fingerprint density at radius 3 is 2.67 bits per heavy atom. The van der Waals surface area contributed by atoms with Crippen molar-refractivity contribution in [3.63, 3.8) is 0 Å². The molecule has 1 aromatic carbocycles. The summed E-state index contributed by atoms with van der Waals surface area (Å²) in [4.78, 5) is 16.8. The number of hydrogen-bond acceptors (Lipinski definition) is 8. The van der Waals surface area contributed by atoms with E-state index in [9.17, 15) is 15.3 Å². The third kappa shape index (κ3) is 3.32. The third-order valence-electron chi connectivity index (χ3n) is 7.58. The van der Waals surface area contributed by atoms with Crippen LogP contribution in [0.5, 0.6) is 11.5 Å². The molecule has 8 heteroatoms. The lowest BCUT2D eigenvalue weighted by Gasteiger charge is -2.43. The number of ketones is 1. The summed E-state index contributed by atoms with van der Waals surface area (Å²) in [5.74, 6) is 0.932. The highest BCUT2D eigenvalue weighted by Gasteiger charge is 2.46. The maximum Gasteiger partial charge on any atom is 0.231 e. The molecule has 7 nitrogen and oxygen atoms in total. The molecule has 0 saturated heterocycles. The van der Waals surface area contributed by atoms with Crippen molar-refractivity contribution in [3.05, 3.63) is 62.4 Å². The van der Waals surface area contributed by atoms with Gasteiger partial charge in [0.25, 0.3) is 0 Å². The van der Waals surface area contributed by atoms with E-state index >= 15 is 0 Å². The highest BCUT2D eigenvalue weighted by Crippen LogP contribution is 2.53. The molecule has 0 fully saturated rings. The van der Waals surface area contributed by atoms with Gasteiger partial charge in [-0.3, -0.25) is 9.69 Å². The second-order valence-electron chi connectivity index (χ2n) is 10.6. The van der Waals surface area contributed by atoms with E-state index in [1.54, 1.807) is 11.3 Å². The maximum absolute atomic E-state index is 13.8. The Bertz CT molecular complexity index is 1470. The van der Waals surface area contributed by atoms with Crippen molar-refractivity contribution in [2.75, 3.05) is 11.7 Å². The zero-order chi connectivity index (χ0) is 25.2. The van der Waals surface area contributed by atoms with Gasteiger partial charge in [-0.15, -0.1) is 11.3 Å². The van der Waals surface area contributed by atoms with Crippen LogP contribution in [0, 0.1) is 28.1 Å². The molecule has 36 heavy (non-hydrogen) atoms. The fourth-order valence-corrected chi connectivity index (χ4v) is 7.37. The molecule has 1 unspecified atom stereocenters. The van der Waals surface area contributed by atoms with Crippen LogP contribution in [-0.4, -0.2) is 12.6 Å². The van der Waals surface area contributed by atoms with Crippen LogP contribution >= 0.6 is 11.3 Å². The minimum absolute atomic E-state index is 0.00833. The fraction of sp³-hybridized carbons (Fsp3) is 0.393. The van der Waals surface area contributed by atoms with Crippen LogP contribution in [0.15, 0.2) is 40.9 Å². The summed E-state index contributed by atoms with van der Waals surface area (Å²) < 4.78 is 11.1. The van der Waals surface area contributed by atoms with Crippen LogP contribution < -0.4 is 20.1 Å². The monoisotopic (exact) mass is 498 g/mol. The molecule has 4 aliphatic rings. The molecular weight excluding hydrogens is 472 g/mol. The van der Waals surface area contributed by atoms with Crippen LogP contribution in [0.1, 0.15) is 67.0 Å². The molecule has 0 radical (unpaired) electrons. The topological polar surface area (TPSA) is 112 Å². The van der Waals surface area contributed by atoms with E-state index < -0.39 is 5.92 Å². The highest BCUT2D eigenvalue weighted by atomic mass is 32.1. The van der Waals surface area contributed by atoms with E-state index in [0.717, 1.165) is 47.5 Å². The third-order valence-corrected chi connectivity index (χ3v) is 8.86. The van der Waals surface area contributed by atoms with Gasteiger partial charge in [0.15, 0.2) is 17.3 Å². The highest BCUT2D eigenvalue weighted by molar-refractivity contribution is 7.16. The summed E-state index contributed by atoms with van der Waals surface area (Å²) in [5.41, 5.74) is 10.7. The lowest BCUT2D eigenvalue weighted by atomic mass is 9.68.